The molecular formula is C25H30N6O2. The van der Waals surface area contributed by atoms with Crippen molar-refractivity contribution in [1.29, 1.82) is 0 Å². The van der Waals surface area contributed by atoms with Crippen molar-refractivity contribution >= 4 is 16.6 Å². The van der Waals surface area contributed by atoms with Gasteiger partial charge in [-0.05, 0) is 11.6 Å². The van der Waals surface area contributed by atoms with Crippen LogP contribution in [-0.2, 0) is 19.5 Å². The Morgan fingerprint density at radius 2 is 1.48 bits per heavy atom. The molecule has 1 fully saturated rings. The number of benzene rings is 2. The first-order valence-corrected chi connectivity index (χ1v) is 11.5. The number of methoxy groups -OCH3 is 2. The summed E-state index contributed by atoms with van der Waals surface area (Å²) in [6.07, 6.45) is 0.788. The molecule has 1 aliphatic rings. The molecule has 8 heteroatoms. The molecule has 1 saturated heterocycles. The van der Waals surface area contributed by atoms with Crippen molar-refractivity contribution < 1.29 is 9.47 Å². The number of fused-ring (bicyclic) bond motifs is 3. The topological polar surface area (TPSA) is 68.0 Å². The smallest absolute Gasteiger partial charge is 0.171 e. The van der Waals surface area contributed by atoms with Crippen LogP contribution < -0.4 is 9.47 Å². The van der Waals surface area contributed by atoms with Crippen LogP contribution in [0.3, 0.4) is 0 Å². The van der Waals surface area contributed by atoms with Gasteiger partial charge in [0.1, 0.15) is 5.82 Å². The van der Waals surface area contributed by atoms with Crippen LogP contribution in [0.2, 0.25) is 0 Å². The molecule has 8 nitrogen and oxygen atoms in total. The lowest BCUT2D eigenvalue weighted by Crippen LogP contribution is -2.45. The summed E-state index contributed by atoms with van der Waals surface area (Å²) < 4.78 is 13.1. The molecular weight excluding hydrogens is 416 g/mol. The first-order valence-electron chi connectivity index (χ1n) is 11.5. The predicted octanol–water partition coefficient (Wildman–Crippen LogP) is 3.17. The highest BCUT2D eigenvalue weighted by Crippen LogP contribution is 2.33. The van der Waals surface area contributed by atoms with Gasteiger partial charge in [-0.3, -0.25) is 14.2 Å². The van der Waals surface area contributed by atoms with Gasteiger partial charge in [0.2, 0.25) is 0 Å². The zero-order valence-electron chi connectivity index (χ0n) is 19.5. The molecule has 0 N–H and O–H groups in total. The van der Waals surface area contributed by atoms with Crippen molar-refractivity contribution in [3.8, 4) is 11.5 Å². The Morgan fingerprint density at radius 1 is 0.818 bits per heavy atom. The van der Waals surface area contributed by atoms with Crippen molar-refractivity contribution in [2.45, 2.75) is 26.4 Å². The molecule has 0 saturated carbocycles. The Balaban J connectivity index is 1.38. The average Bonchev–Trinajstić information content (AvgIpc) is 3.28. The van der Waals surface area contributed by atoms with Crippen molar-refractivity contribution in [2.24, 2.45) is 0 Å². The van der Waals surface area contributed by atoms with Gasteiger partial charge in [-0.2, -0.15) is 0 Å². The van der Waals surface area contributed by atoms with Crippen molar-refractivity contribution in [2.75, 3.05) is 40.4 Å². The lowest BCUT2D eigenvalue weighted by Gasteiger charge is -2.34. The fourth-order valence-electron chi connectivity index (χ4n) is 4.58. The summed E-state index contributed by atoms with van der Waals surface area (Å²) in [5.74, 6) is 3.21. The maximum atomic E-state index is 5.51. The minimum atomic E-state index is 0.664. The first-order chi connectivity index (χ1) is 16.2. The van der Waals surface area contributed by atoms with Gasteiger partial charge in [0, 0.05) is 50.6 Å². The number of hydrogen-bond acceptors (Lipinski definition) is 7. The van der Waals surface area contributed by atoms with E-state index >= 15 is 0 Å². The van der Waals surface area contributed by atoms with E-state index in [9.17, 15) is 0 Å². The number of aryl methyl sites for hydroxylation is 1. The maximum Gasteiger partial charge on any atom is 0.171 e. The van der Waals surface area contributed by atoms with E-state index in [0.717, 1.165) is 73.9 Å². The highest BCUT2D eigenvalue weighted by Gasteiger charge is 2.21. The van der Waals surface area contributed by atoms with E-state index in [2.05, 4.69) is 61.7 Å². The van der Waals surface area contributed by atoms with Crippen LogP contribution in [-0.4, -0.2) is 69.8 Å². The van der Waals surface area contributed by atoms with E-state index in [4.69, 9.17) is 14.5 Å². The van der Waals surface area contributed by atoms with Crippen LogP contribution in [0.15, 0.2) is 42.5 Å². The lowest BCUT2D eigenvalue weighted by molar-refractivity contribution is 0.119. The summed E-state index contributed by atoms with van der Waals surface area (Å²) in [7, 11) is 3.28. The van der Waals surface area contributed by atoms with Crippen LogP contribution >= 0.6 is 0 Å². The molecule has 0 atom stereocenters. The highest BCUT2D eigenvalue weighted by molar-refractivity contribution is 5.93. The van der Waals surface area contributed by atoms with Gasteiger partial charge in [-0.15, -0.1) is 10.2 Å². The molecule has 4 aromatic rings. The number of piperazine rings is 1. The molecule has 0 bridgehead atoms. The van der Waals surface area contributed by atoms with E-state index in [1.54, 1.807) is 14.2 Å². The van der Waals surface area contributed by atoms with Gasteiger partial charge in [-0.25, -0.2) is 4.98 Å². The van der Waals surface area contributed by atoms with Gasteiger partial charge in [0.15, 0.2) is 23.0 Å². The SMILES string of the molecule is CCc1nc2cc(OC)c(OC)cc2c2nnc(CN3CCN(Cc4ccccc4)CC3)n12. The second-order valence-corrected chi connectivity index (χ2v) is 8.42. The quantitative estimate of drug-likeness (QED) is 0.432. The summed E-state index contributed by atoms with van der Waals surface area (Å²) >= 11 is 0. The summed E-state index contributed by atoms with van der Waals surface area (Å²) in [6, 6.07) is 14.5. The molecule has 3 heterocycles. The second-order valence-electron chi connectivity index (χ2n) is 8.42. The van der Waals surface area contributed by atoms with Crippen LogP contribution in [0.4, 0.5) is 0 Å². The number of ether oxygens (including phenoxy) is 2. The molecule has 0 spiro atoms. The van der Waals surface area contributed by atoms with Gasteiger partial charge >= 0.3 is 0 Å². The maximum absolute atomic E-state index is 5.51. The summed E-state index contributed by atoms with van der Waals surface area (Å²) in [4.78, 5) is 9.88. The van der Waals surface area contributed by atoms with Crippen molar-refractivity contribution in [3.05, 3.63) is 59.7 Å². The van der Waals surface area contributed by atoms with Crippen LogP contribution in [0.1, 0.15) is 24.1 Å². The van der Waals surface area contributed by atoms with Crippen molar-refractivity contribution in [3.63, 3.8) is 0 Å². The minimum absolute atomic E-state index is 0.664. The van der Waals surface area contributed by atoms with Gasteiger partial charge in [0.05, 0.1) is 26.3 Å². The van der Waals surface area contributed by atoms with E-state index in [0.29, 0.717) is 11.5 Å². The number of aromatic nitrogens is 4. The Labute approximate surface area is 193 Å². The molecule has 5 rings (SSSR count). The lowest BCUT2D eigenvalue weighted by atomic mass is 10.2. The largest absolute Gasteiger partial charge is 0.493 e. The van der Waals surface area contributed by atoms with E-state index in [1.807, 2.05) is 12.1 Å². The fraction of sp³-hybridized carbons (Fsp3) is 0.400. The summed E-state index contributed by atoms with van der Waals surface area (Å²) in [5.41, 5.74) is 3.02. The monoisotopic (exact) mass is 446 g/mol. The molecule has 0 amide bonds. The zero-order valence-corrected chi connectivity index (χ0v) is 19.5. The minimum Gasteiger partial charge on any atom is -0.493 e. The Hall–Kier alpha value is -3.23. The van der Waals surface area contributed by atoms with E-state index in [1.165, 1.54) is 5.56 Å². The van der Waals surface area contributed by atoms with E-state index in [-0.39, 0.29) is 0 Å². The number of rotatable bonds is 7. The third-order valence-electron chi connectivity index (χ3n) is 6.38. The van der Waals surface area contributed by atoms with Crippen LogP contribution in [0.25, 0.3) is 16.6 Å². The molecule has 33 heavy (non-hydrogen) atoms. The summed E-state index contributed by atoms with van der Waals surface area (Å²) in [5, 5.41) is 10.1. The Kier molecular flexibility index (Phi) is 6.11. The first kappa shape index (κ1) is 21.6. The third kappa shape index (κ3) is 4.24. The second kappa shape index (κ2) is 9.33. The van der Waals surface area contributed by atoms with Crippen LogP contribution in [0.5, 0.6) is 11.5 Å². The fourth-order valence-corrected chi connectivity index (χ4v) is 4.58. The van der Waals surface area contributed by atoms with E-state index < -0.39 is 0 Å². The zero-order chi connectivity index (χ0) is 22.8. The standard InChI is InChI=1S/C25H30N6O2/c1-4-23-26-20-15-22(33-3)21(32-2)14-19(20)25-28-27-24(31(23)25)17-30-12-10-29(11-13-30)16-18-8-6-5-7-9-18/h5-9,14-15H,4,10-13,16-17H2,1-3H3. The summed E-state index contributed by atoms with van der Waals surface area (Å²) in [6.45, 7) is 7.98. The highest BCUT2D eigenvalue weighted by atomic mass is 16.5. The predicted molar refractivity (Wildman–Crippen MR) is 128 cm³/mol. The van der Waals surface area contributed by atoms with Gasteiger partial charge in [-0.1, -0.05) is 37.3 Å². The number of hydrogen-bond donors (Lipinski definition) is 0. The molecule has 0 aliphatic carbocycles. The molecule has 2 aromatic heterocycles. The Morgan fingerprint density at radius 3 is 2.15 bits per heavy atom. The molecule has 0 radical (unpaired) electrons. The van der Waals surface area contributed by atoms with Crippen molar-refractivity contribution in [1.82, 2.24) is 29.4 Å². The normalized spacial score (nSPS) is 15.4. The Bertz CT molecular complexity index is 1250. The molecule has 0 unspecified atom stereocenters. The molecule has 172 valence electrons. The molecule has 2 aromatic carbocycles. The van der Waals surface area contributed by atoms with Gasteiger partial charge in [0.25, 0.3) is 0 Å². The average molecular weight is 447 g/mol. The molecule has 1 aliphatic heterocycles. The van der Waals surface area contributed by atoms with Gasteiger partial charge < -0.3 is 9.47 Å². The number of nitrogens with zero attached hydrogens (tertiary/aromatic N) is 6. The van der Waals surface area contributed by atoms with Crippen LogP contribution in [0, 0.1) is 0 Å². The third-order valence-corrected chi connectivity index (χ3v) is 6.38.